The molecule has 0 radical (unpaired) electrons. The Morgan fingerprint density at radius 2 is 1.84 bits per heavy atom. The molecule has 0 bridgehead atoms. The number of aromatic nitrogens is 3. The molecule has 2 saturated carbocycles. The molecule has 10 nitrogen and oxygen atoms in total. The van der Waals surface area contributed by atoms with Crippen LogP contribution in [-0.4, -0.2) is 59.1 Å². The summed E-state index contributed by atoms with van der Waals surface area (Å²) in [4.78, 5) is 2.28. The topological polar surface area (TPSA) is 134 Å². The highest BCUT2D eigenvalue weighted by Gasteiger charge is 2.44. The molecule has 1 aromatic carbocycles. The maximum absolute atomic E-state index is 12.3. The van der Waals surface area contributed by atoms with Crippen molar-refractivity contribution >= 4 is 21.4 Å². The summed E-state index contributed by atoms with van der Waals surface area (Å²) in [5.74, 6) is 0.985. The van der Waals surface area contributed by atoms with Gasteiger partial charge in [0.2, 0.25) is 10.0 Å². The molecule has 3 fully saturated rings. The van der Waals surface area contributed by atoms with Gasteiger partial charge in [0.05, 0.1) is 35.6 Å². The Kier molecular flexibility index (Phi) is 6.69. The Morgan fingerprint density at radius 1 is 1.08 bits per heavy atom. The van der Waals surface area contributed by atoms with Crippen LogP contribution in [0.3, 0.4) is 0 Å². The van der Waals surface area contributed by atoms with Crippen molar-refractivity contribution in [1.29, 1.82) is 0 Å². The van der Waals surface area contributed by atoms with E-state index in [2.05, 4.69) is 19.9 Å². The first-order chi connectivity index (χ1) is 18.3. The normalized spacial score (nSPS) is 20.2. The molecule has 38 heavy (non-hydrogen) atoms. The minimum atomic E-state index is -3.65. The average Bonchev–Trinajstić information content (AvgIpc) is 3.38. The van der Waals surface area contributed by atoms with E-state index in [0.717, 1.165) is 63.0 Å². The molecule has 3 N–H and O–H groups in total. The van der Waals surface area contributed by atoms with Crippen molar-refractivity contribution in [2.75, 3.05) is 35.1 Å². The third-order valence-corrected chi connectivity index (χ3v) is 9.75. The molecule has 1 aliphatic heterocycles. The van der Waals surface area contributed by atoms with Gasteiger partial charge in [-0.2, -0.15) is 0 Å². The van der Waals surface area contributed by atoms with Gasteiger partial charge in [0.25, 0.3) is 0 Å². The van der Waals surface area contributed by atoms with E-state index in [1.54, 1.807) is 16.9 Å². The van der Waals surface area contributed by atoms with Crippen molar-refractivity contribution in [1.82, 2.24) is 15.0 Å². The molecule has 1 saturated heterocycles. The summed E-state index contributed by atoms with van der Waals surface area (Å²) in [5.41, 5.74) is 3.17. The molecule has 204 valence electrons. The third-order valence-electron chi connectivity index (χ3n) is 8.49. The SMILES string of the molecule is O=S(=O)(CCO)Nc1ccc(-n2cc(-c3ccc([C@H](O)C4CCCC4)o3)nn2)c(N2CCC3(CC2)CC3)c1. The van der Waals surface area contributed by atoms with Crippen LogP contribution < -0.4 is 9.62 Å². The summed E-state index contributed by atoms with van der Waals surface area (Å²) in [6.07, 6.45) is 10.3. The lowest BCUT2D eigenvalue weighted by Gasteiger charge is -2.35. The van der Waals surface area contributed by atoms with Gasteiger partial charge in [-0.3, -0.25) is 4.72 Å². The number of rotatable bonds is 9. The number of furan rings is 1. The maximum Gasteiger partial charge on any atom is 0.234 e. The second kappa shape index (κ2) is 10.0. The molecule has 1 spiro atoms. The number of benzene rings is 1. The predicted octanol–water partition coefficient (Wildman–Crippen LogP) is 3.87. The van der Waals surface area contributed by atoms with E-state index in [4.69, 9.17) is 9.52 Å². The number of nitrogens with one attached hydrogen (secondary N) is 1. The number of piperidine rings is 1. The lowest BCUT2D eigenvalue weighted by molar-refractivity contribution is 0.0894. The lowest BCUT2D eigenvalue weighted by atomic mass is 9.93. The van der Waals surface area contributed by atoms with Gasteiger partial charge in [-0.25, -0.2) is 13.1 Å². The highest BCUT2D eigenvalue weighted by Crippen LogP contribution is 2.54. The monoisotopic (exact) mass is 541 g/mol. The van der Waals surface area contributed by atoms with Crippen LogP contribution in [0.4, 0.5) is 11.4 Å². The molecule has 6 rings (SSSR count). The van der Waals surface area contributed by atoms with Gasteiger partial charge in [-0.05, 0) is 80.2 Å². The summed E-state index contributed by atoms with van der Waals surface area (Å²) < 4.78 is 34.8. The molecule has 2 aliphatic carbocycles. The molecule has 3 aliphatic rings. The molecule has 0 amide bonds. The number of hydrogen-bond acceptors (Lipinski definition) is 8. The van der Waals surface area contributed by atoms with Gasteiger partial charge < -0.3 is 19.5 Å². The fourth-order valence-corrected chi connectivity index (χ4v) is 6.76. The van der Waals surface area contributed by atoms with E-state index >= 15 is 0 Å². The minimum Gasteiger partial charge on any atom is -0.457 e. The molecular weight excluding hydrogens is 506 g/mol. The van der Waals surface area contributed by atoms with Crippen molar-refractivity contribution in [3.05, 3.63) is 42.3 Å². The smallest absolute Gasteiger partial charge is 0.234 e. The van der Waals surface area contributed by atoms with Crippen molar-refractivity contribution in [3.63, 3.8) is 0 Å². The largest absolute Gasteiger partial charge is 0.457 e. The molecule has 3 aromatic rings. The van der Waals surface area contributed by atoms with Crippen LogP contribution in [0.5, 0.6) is 0 Å². The second-order valence-corrected chi connectivity index (χ2v) is 12.9. The fourth-order valence-electron chi connectivity index (χ4n) is 5.93. The zero-order chi connectivity index (χ0) is 26.3. The predicted molar refractivity (Wildman–Crippen MR) is 144 cm³/mol. The minimum absolute atomic E-state index is 0.236. The second-order valence-electron chi connectivity index (χ2n) is 11.1. The van der Waals surface area contributed by atoms with Crippen molar-refractivity contribution in [3.8, 4) is 17.1 Å². The van der Waals surface area contributed by atoms with Gasteiger partial charge in [-0.15, -0.1) is 5.10 Å². The first-order valence-corrected chi connectivity index (χ1v) is 15.2. The standard InChI is InChI=1S/C27H35N5O5S/c33-15-16-38(35,36)29-20-5-6-22(23(17-20)31-13-11-27(9-10-27)12-14-31)32-18-21(28-30-32)24-7-8-25(37-24)26(34)19-3-1-2-4-19/h5-8,17-19,26,29,33-34H,1-4,9-16H2/t26-/m1/s1. The van der Waals surface area contributed by atoms with Crippen molar-refractivity contribution in [2.45, 2.75) is 57.5 Å². The average molecular weight is 542 g/mol. The van der Waals surface area contributed by atoms with Gasteiger partial charge in [0.15, 0.2) is 5.76 Å². The molecule has 2 aromatic heterocycles. The fraction of sp³-hybridized carbons (Fsp3) is 0.556. The first-order valence-electron chi connectivity index (χ1n) is 13.6. The number of aliphatic hydroxyl groups excluding tert-OH is 2. The number of aliphatic hydroxyl groups is 2. The summed E-state index contributed by atoms with van der Waals surface area (Å²) in [6, 6.07) is 9.01. The quantitative estimate of drug-likeness (QED) is 0.372. The highest BCUT2D eigenvalue weighted by atomic mass is 32.2. The van der Waals surface area contributed by atoms with E-state index < -0.39 is 22.7 Å². The third kappa shape index (κ3) is 5.19. The van der Waals surface area contributed by atoms with Crippen LogP contribution in [0.25, 0.3) is 17.1 Å². The highest BCUT2D eigenvalue weighted by molar-refractivity contribution is 7.92. The molecule has 11 heteroatoms. The van der Waals surface area contributed by atoms with E-state index in [1.165, 1.54) is 12.8 Å². The number of sulfonamides is 1. The molecule has 1 atom stereocenters. The molecule has 3 heterocycles. The zero-order valence-corrected chi connectivity index (χ0v) is 22.2. The number of anilines is 2. The summed E-state index contributed by atoms with van der Waals surface area (Å²) >= 11 is 0. The summed E-state index contributed by atoms with van der Waals surface area (Å²) in [6.45, 7) is 1.34. The lowest BCUT2D eigenvalue weighted by Crippen LogP contribution is -2.35. The van der Waals surface area contributed by atoms with Crippen LogP contribution >= 0.6 is 0 Å². The maximum atomic E-state index is 12.3. The van der Waals surface area contributed by atoms with Crippen molar-refractivity contribution in [2.24, 2.45) is 11.3 Å². The van der Waals surface area contributed by atoms with Crippen LogP contribution in [-0.2, 0) is 10.0 Å². The van der Waals surface area contributed by atoms with Gasteiger partial charge in [0, 0.05) is 13.1 Å². The van der Waals surface area contributed by atoms with Crippen LogP contribution in [0.2, 0.25) is 0 Å². The number of hydrogen-bond donors (Lipinski definition) is 3. The van der Waals surface area contributed by atoms with E-state index in [9.17, 15) is 13.5 Å². The van der Waals surface area contributed by atoms with Gasteiger partial charge in [0.1, 0.15) is 17.6 Å². The van der Waals surface area contributed by atoms with Crippen LogP contribution in [0, 0.1) is 11.3 Å². The van der Waals surface area contributed by atoms with E-state index in [0.29, 0.717) is 28.3 Å². The zero-order valence-electron chi connectivity index (χ0n) is 21.4. The Bertz CT molecular complexity index is 1380. The number of nitrogens with zero attached hydrogens (tertiary/aromatic N) is 4. The molecule has 0 unspecified atom stereocenters. The van der Waals surface area contributed by atoms with Crippen LogP contribution in [0.1, 0.15) is 63.2 Å². The first kappa shape index (κ1) is 25.4. The Morgan fingerprint density at radius 3 is 2.55 bits per heavy atom. The van der Waals surface area contributed by atoms with E-state index in [1.807, 2.05) is 24.3 Å². The molecular formula is C27H35N5O5S. The Hall–Kier alpha value is -2.89. The Labute approximate surface area is 222 Å². The Balaban J connectivity index is 1.28. The summed E-state index contributed by atoms with van der Waals surface area (Å²) in [5, 5.41) is 28.5. The van der Waals surface area contributed by atoms with Crippen molar-refractivity contribution < 1.29 is 23.0 Å². The van der Waals surface area contributed by atoms with Gasteiger partial charge >= 0.3 is 0 Å². The summed E-state index contributed by atoms with van der Waals surface area (Å²) in [7, 11) is -3.65. The van der Waals surface area contributed by atoms with E-state index in [-0.39, 0.29) is 11.7 Å². The van der Waals surface area contributed by atoms with Crippen LogP contribution in [0.15, 0.2) is 40.9 Å². The van der Waals surface area contributed by atoms with Gasteiger partial charge in [-0.1, -0.05) is 18.1 Å².